The summed E-state index contributed by atoms with van der Waals surface area (Å²) >= 11 is 1.22. The average molecular weight is 308 g/mol. The summed E-state index contributed by atoms with van der Waals surface area (Å²) < 4.78 is 18.4. The van der Waals surface area contributed by atoms with Crippen molar-refractivity contribution in [1.29, 1.82) is 0 Å². The molecule has 0 spiro atoms. The first-order valence-electron chi connectivity index (χ1n) is 6.49. The van der Waals surface area contributed by atoms with Gasteiger partial charge in [-0.3, -0.25) is 4.79 Å². The summed E-state index contributed by atoms with van der Waals surface area (Å²) in [6.07, 6.45) is 1.57. The first-order valence-corrected chi connectivity index (χ1v) is 7.48. The molecule has 1 amide bonds. The molecule has 2 aromatic rings. The molecule has 0 fully saturated rings. The van der Waals surface area contributed by atoms with Crippen LogP contribution < -0.4 is 5.32 Å². The van der Waals surface area contributed by atoms with Crippen LogP contribution in [0.5, 0.6) is 0 Å². The van der Waals surface area contributed by atoms with Crippen molar-refractivity contribution in [3.8, 4) is 11.3 Å². The second-order valence-electron chi connectivity index (χ2n) is 5.58. The van der Waals surface area contributed by atoms with Gasteiger partial charge in [0.2, 0.25) is 5.91 Å². The van der Waals surface area contributed by atoms with Gasteiger partial charge in [-0.05, 0) is 45.0 Å². The molecule has 0 aliphatic heterocycles. The molecule has 1 aromatic heterocycles. The molecule has 0 bridgehead atoms. The minimum Gasteiger partial charge on any atom is -0.431 e. The first kappa shape index (κ1) is 15.6. The van der Waals surface area contributed by atoms with E-state index in [0.29, 0.717) is 11.0 Å². The maximum absolute atomic E-state index is 12.9. The van der Waals surface area contributed by atoms with E-state index in [1.807, 2.05) is 20.8 Å². The second kappa shape index (κ2) is 6.30. The number of oxazole rings is 1. The number of nitrogens with one attached hydrogen (secondary N) is 1. The maximum Gasteiger partial charge on any atom is 0.256 e. The minimum absolute atomic E-state index is 0.0750. The zero-order valence-electron chi connectivity index (χ0n) is 12.1. The molecule has 1 N–H and O–H groups in total. The van der Waals surface area contributed by atoms with E-state index in [2.05, 4.69) is 10.3 Å². The Labute approximate surface area is 127 Å². The SMILES string of the molecule is CC(C)(C)NC(=O)CSc1ncc(-c2ccc(F)cc2)o1. The zero-order chi connectivity index (χ0) is 15.5. The van der Waals surface area contributed by atoms with Crippen LogP contribution in [0.15, 0.2) is 40.1 Å². The van der Waals surface area contributed by atoms with E-state index < -0.39 is 0 Å². The number of hydrogen-bond donors (Lipinski definition) is 1. The lowest BCUT2D eigenvalue weighted by atomic mass is 10.1. The maximum atomic E-state index is 12.9. The van der Waals surface area contributed by atoms with Crippen LogP contribution in [0.25, 0.3) is 11.3 Å². The van der Waals surface area contributed by atoms with Gasteiger partial charge < -0.3 is 9.73 Å². The molecule has 112 valence electrons. The third-order valence-electron chi connectivity index (χ3n) is 2.45. The molecule has 0 saturated heterocycles. The molecule has 4 nitrogen and oxygen atoms in total. The van der Waals surface area contributed by atoms with E-state index in [9.17, 15) is 9.18 Å². The number of amides is 1. The highest BCUT2D eigenvalue weighted by Crippen LogP contribution is 2.25. The summed E-state index contributed by atoms with van der Waals surface area (Å²) in [6.45, 7) is 5.77. The zero-order valence-corrected chi connectivity index (χ0v) is 13.0. The molecule has 2 rings (SSSR count). The van der Waals surface area contributed by atoms with E-state index >= 15 is 0 Å². The molecule has 0 atom stereocenters. The van der Waals surface area contributed by atoms with Crippen LogP contribution in [-0.2, 0) is 4.79 Å². The van der Waals surface area contributed by atoms with Crippen molar-refractivity contribution in [2.75, 3.05) is 5.75 Å². The topological polar surface area (TPSA) is 55.1 Å². The predicted octanol–water partition coefficient (Wildman–Crippen LogP) is 3.49. The Morgan fingerprint density at radius 1 is 1.33 bits per heavy atom. The predicted molar refractivity (Wildman–Crippen MR) is 80.5 cm³/mol. The van der Waals surface area contributed by atoms with Crippen LogP contribution in [0.3, 0.4) is 0 Å². The largest absolute Gasteiger partial charge is 0.431 e. The minimum atomic E-state index is -0.299. The van der Waals surface area contributed by atoms with Gasteiger partial charge in [-0.2, -0.15) is 0 Å². The molecule has 21 heavy (non-hydrogen) atoms. The number of hydrogen-bond acceptors (Lipinski definition) is 4. The number of aromatic nitrogens is 1. The summed E-state index contributed by atoms with van der Waals surface area (Å²) in [7, 11) is 0. The molecular weight excluding hydrogens is 291 g/mol. The summed E-state index contributed by atoms with van der Waals surface area (Å²) in [6, 6.07) is 5.97. The van der Waals surface area contributed by atoms with Gasteiger partial charge in [0.1, 0.15) is 5.82 Å². The van der Waals surface area contributed by atoms with Crippen molar-refractivity contribution >= 4 is 17.7 Å². The molecule has 0 unspecified atom stereocenters. The summed E-state index contributed by atoms with van der Waals surface area (Å²) in [5.41, 5.74) is 0.489. The molecule has 0 saturated carbocycles. The van der Waals surface area contributed by atoms with Crippen LogP contribution in [0.2, 0.25) is 0 Å². The Hall–Kier alpha value is -1.82. The smallest absolute Gasteiger partial charge is 0.256 e. The number of halogens is 1. The van der Waals surface area contributed by atoms with Crippen LogP contribution in [0.1, 0.15) is 20.8 Å². The lowest BCUT2D eigenvalue weighted by molar-refractivity contribution is -0.119. The van der Waals surface area contributed by atoms with Crippen LogP contribution in [0.4, 0.5) is 4.39 Å². The Kier molecular flexibility index (Phi) is 4.67. The normalized spacial score (nSPS) is 11.4. The standard InChI is InChI=1S/C15H17FN2O2S/c1-15(2,3)18-13(19)9-21-14-17-8-12(20-14)10-4-6-11(16)7-5-10/h4-8H,9H2,1-3H3,(H,18,19). The first-order chi connectivity index (χ1) is 9.83. The highest BCUT2D eigenvalue weighted by atomic mass is 32.2. The monoisotopic (exact) mass is 308 g/mol. The Morgan fingerprint density at radius 3 is 2.62 bits per heavy atom. The van der Waals surface area contributed by atoms with Crippen LogP contribution in [0, 0.1) is 5.82 Å². The van der Waals surface area contributed by atoms with Crippen LogP contribution in [-0.4, -0.2) is 22.2 Å². The van der Waals surface area contributed by atoms with Gasteiger partial charge in [0.05, 0.1) is 11.9 Å². The molecule has 0 aliphatic carbocycles. The Bertz CT molecular complexity index is 617. The van der Waals surface area contributed by atoms with Gasteiger partial charge in [-0.25, -0.2) is 9.37 Å². The summed E-state index contributed by atoms with van der Waals surface area (Å²) in [4.78, 5) is 15.8. The summed E-state index contributed by atoms with van der Waals surface area (Å²) in [5, 5.41) is 3.28. The van der Waals surface area contributed by atoms with E-state index in [4.69, 9.17) is 4.42 Å². The fourth-order valence-corrected chi connectivity index (χ4v) is 2.26. The van der Waals surface area contributed by atoms with Gasteiger partial charge >= 0.3 is 0 Å². The number of carbonyl (C=O) groups is 1. The van der Waals surface area contributed by atoms with Crippen molar-refractivity contribution in [1.82, 2.24) is 10.3 Å². The van der Waals surface area contributed by atoms with E-state index in [0.717, 1.165) is 5.56 Å². The molecule has 6 heteroatoms. The lowest BCUT2D eigenvalue weighted by Crippen LogP contribution is -2.41. The number of carbonyl (C=O) groups excluding carboxylic acids is 1. The van der Waals surface area contributed by atoms with E-state index in [1.54, 1.807) is 18.3 Å². The van der Waals surface area contributed by atoms with Gasteiger partial charge in [-0.1, -0.05) is 11.8 Å². The third kappa shape index (κ3) is 4.90. The van der Waals surface area contributed by atoms with E-state index in [1.165, 1.54) is 23.9 Å². The Balaban J connectivity index is 1.94. The molecule has 0 radical (unpaired) electrons. The van der Waals surface area contributed by atoms with Crippen molar-refractivity contribution in [2.45, 2.75) is 31.5 Å². The van der Waals surface area contributed by atoms with Gasteiger partial charge in [0.25, 0.3) is 5.22 Å². The van der Waals surface area contributed by atoms with Crippen LogP contribution >= 0.6 is 11.8 Å². The van der Waals surface area contributed by atoms with Crippen molar-refractivity contribution < 1.29 is 13.6 Å². The van der Waals surface area contributed by atoms with Crippen molar-refractivity contribution in [3.63, 3.8) is 0 Å². The highest BCUT2D eigenvalue weighted by Gasteiger charge is 2.15. The van der Waals surface area contributed by atoms with Gasteiger partial charge in [-0.15, -0.1) is 0 Å². The number of thioether (sulfide) groups is 1. The fraction of sp³-hybridized carbons (Fsp3) is 0.333. The van der Waals surface area contributed by atoms with Gasteiger partial charge in [0.15, 0.2) is 5.76 Å². The summed E-state index contributed by atoms with van der Waals surface area (Å²) in [5.74, 6) is 0.412. The lowest BCUT2D eigenvalue weighted by Gasteiger charge is -2.19. The molecular formula is C15H17FN2O2S. The Morgan fingerprint density at radius 2 is 2.00 bits per heavy atom. The highest BCUT2D eigenvalue weighted by molar-refractivity contribution is 7.99. The molecule has 1 aromatic carbocycles. The third-order valence-corrected chi connectivity index (χ3v) is 3.30. The number of nitrogens with zero attached hydrogens (tertiary/aromatic N) is 1. The quantitative estimate of drug-likeness (QED) is 0.879. The van der Waals surface area contributed by atoms with Crippen molar-refractivity contribution in [3.05, 3.63) is 36.3 Å². The van der Waals surface area contributed by atoms with Crippen molar-refractivity contribution in [2.24, 2.45) is 0 Å². The fourth-order valence-electron chi connectivity index (χ4n) is 1.65. The number of rotatable bonds is 4. The molecule has 0 aliphatic rings. The van der Waals surface area contributed by atoms with Gasteiger partial charge in [0, 0.05) is 11.1 Å². The second-order valence-corrected chi connectivity index (χ2v) is 6.51. The molecule has 1 heterocycles. The van der Waals surface area contributed by atoms with E-state index in [-0.39, 0.29) is 23.0 Å². The average Bonchev–Trinajstić information content (AvgIpc) is 2.84. The number of benzene rings is 1.